The molecule has 0 N–H and O–H groups in total. The summed E-state index contributed by atoms with van der Waals surface area (Å²) in [5.41, 5.74) is 0. The van der Waals surface area contributed by atoms with E-state index in [1.165, 1.54) is 6.42 Å². The summed E-state index contributed by atoms with van der Waals surface area (Å²) in [4.78, 5) is 0. The van der Waals surface area contributed by atoms with Crippen LogP contribution in [0, 0.1) is 35.5 Å². The lowest BCUT2D eigenvalue weighted by molar-refractivity contribution is 0.469. The van der Waals surface area contributed by atoms with Gasteiger partial charge in [-0.3, -0.25) is 0 Å². The molecule has 23 heavy (non-hydrogen) atoms. The first-order valence-electron chi connectivity index (χ1n) is 9.74. The van der Waals surface area contributed by atoms with Crippen LogP contribution < -0.4 is 0 Å². The summed E-state index contributed by atoms with van der Waals surface area (Å²) in [6.45, 7) is 26.6. The molecule has 0 saturated carbocycles. The molecule has 0 saturated heterocycles. The standard InChI is InChI=1S/2C8H16.C7H16/c2*1-7(2)5-6-8(3)4;1-6(2)5-7(3)4/h2*5-8H,1-4H3;6-7H,5H2,1-4H3/b6-5+;6-5-;. The molecular formula is C23H48. The maximum atomic E-state index is 2.26. The molecule has 0 heterocycles. The third kappa shape index (κ3) is 44.9. The Morgan fingerprint density at radius 3 is 0.609 bits per heavy atom. The average Bonchev–Trinajstić information content (AvgIpc) is 2.33. The molecule has 0 unspecified atom stereocenters. The molecule has 0 spiro atoms. The predicted octanol–water partition coefficient (Wildman–Crippen LogP) is 8.40. The molecule has 0 radical (unpaired) electrons. The normalized spacial score (nSPS) is 11.9. The van der Waals surface area contributed by atoms with Gasteiger partial charge in [0.1, 0.15) is 0 Å². The smallest absolute Gasteiger partial charge is 0.0290 e. The molecule has 0 aromatic heterocycles. The first-order valence-corrected chi connectivity index (χ1v) is 9.74. The van der Waals surface area contributed by atoms with Crippen molar-refractivity contribution in [3.63, 3.8) is 0 Å². The average molecular weight is 325 g/mol. The van der Waals surface area contributed by atoms with Gasteiger partial charge in [0.25, 0.3) is 0 Å². The molecule has 0 rings (SSSR count). The van der Waals surface area contributed by atoms with E-state index in [1.54, 1.807) is 0 Å². The van der Waals surface area contributed by atoms with E-state index in [0.717, 1.165) is 11.8 Å². The lowest BCUT2D eigenvalue weighted by Gasteiger charge is -2.05. The molecule has 140 valence electrons. The van der Waals surface area contributed by atoms with Crippen molar-refractivity contribution in [3.8, 4) is 0 Å². The second-order valence-electron chi connectivity index (χ2n) is 8.77. The van der Waals surface area contributed by atoms with Crippen LogP contribution in [0.2, 0.25) is 0 Å². The minimum absolute atomic E-state index is 0.706. The van der Waals surface area contributed by atoms with Gasteiger partial charge in [0.15, 0.2) is 0 Å². The van der Waals surface area contributed by atoms with Gasteiger partial charge in [-0.15, -0.1) is 0 Å². The number of hydrogen-bond acceptors (Lipinski definition) is 0. The third-order valence-corrected chi connectivity index (χ3v) is 2.70. The Balaban J connectivity index is -0.000000262. The highest BCUT2D eigenvalue weighted by atomic mass is 14.0. The van der Waals surface area contributed by atoms with Crippen molar-refractivity contribution in [2.24, 2.45) is 35.5 Å². The largest absolute Gasteiger partial charge is 0.0857 e. The van der Waals surface area contributed by atoms with Crippen LogP contribution in [0.4, 0.5) is 0 Å². The van der Waals surface area contributed by atoms with E-state index in [4.69, 9.17) is 0 Å². The minimum atomic E-state index is 0.706. The van der Waals surface area contributed by atoms with Crippen LogP contribution >= 0.6 is 0 Å². The van der Waals surface area contributed by atoms with Crippen molar-refractivity contribution in [1.82, 2.24) is 0 Å². The molecule has 0 amide bonds. The summed E-state index contributed by atoms with van der Waals surface area (Å²) in [6, 6.07) is 0. The zero-order chi connectivity index (χ0) is 19.0. The van der Waals surface area contributed by atoms with Crippen molar-refractivity contribution < 1.29 is 0 Å². The van der Waals surface area contributed by atoms with Crippen LogP contribution in [-0.2, 0) is 0 Å². The Hall–Kier alpha value is -0.520. The van der Waals surface area contributed by atoms with Gasteiger partial charge in [-0.1, -0.05) is 107 Å². The minimum Gasteiger partial charge on any atom is -0.0857 e. The number of allylic oxidation sites excluding steroid dienone is 4. The lowest BCUT2D eigenvalue weighted by atomic mass is 10.0. The lowest BCUT2D eigenvalue weighted by Crippen LogP contribution is -1.93. The van der Waals surface area contributed by atoms with Crippen LogP contribution in [0.15, 0.2) is 24.3 Å². The second-order valence-corrected chi connectivity index (χ2v) is 8.77. The summed E-state index contributed by atoms with van der Waals surface area (Å²) in [5, 5.41) is 0. The Bertz CT molecular complexity index is 214. The SMILES string of the molecule is CC(C)/C=C/C(C)C.CC(C)/C=C\C(C)C.CC(C)CC(C)C. The Labute approximate surface area is 149 Å². The molecule has 0 heteroatoms. The van der Waals surface area contributed by atoms with Gasteiger partial charge in [0.05, 0.1) is 0 Å². The van der Waals surface area contributed by atoms with E-state index < -0.39 is 0 Å². The first-order chi connectivity index (χ1) is 10.4. The highest BCUT2D eigenvalue weighted by Gasteiger charge is 1.95. The fourth-order valence-corrected chi connectivity index (χ4v) is 1.83. The maximum Gasteiger partial charge on any atom is -0.0290 e. The zero-order valence-corrected chi connectivity index (χ0v) is 18.5. The third-order valence-electron chi connectivity index (χ3n) is 2.70. The van der Waals surface area contributed by atoms with Crippen molar-refractivity contribution >= 4 is 0 Å². The highest BCUT2D eigenvalue weighted by Crippen LogP contribution is 2.08. The van der Waals surface area contributed by atoms with Gasteiger partial charge in [0.2, 0.25) is 0 Å². The summed E-state index contributed by atoms with van der Waals surface area (Å²) in [5.74, 6) is 4.57. The molecular weight excluding hydrogens is 276 g/mol. The molecule has 0 aromatic rings. The molecule has 0 aliphatic rings. The monoisotopic (exact) mass is 324 g/mol. The van der Waals surface area contributed by atoms with E-state index in [2.05, 4.69) is 107 Å². The van der Waals surface area contributed by atoms with Gasteiger partial charge in [-0.05, 0) is 41.9 Å². The van der Waals surface area contributed by atoms with Gasteiger partial charge >= 0.3 is 0 Å². The number of hydrogen-bond donors (Lipinski definition) is 0. The van der Waals surface area contributed by atoms with Crippen LogP contribution in [0.1, 0.15) is 89.5 Å². The summed E-state index contributed by atoms with van der Waals surface area (Å²) in [6.07, 6.45) is 10.3. The second kappa shape index (κ2) is 17.8. The fourth-order valence-electron chi connectivity index (χ4n) is 1.83. The molecule has 0 aliphatic heterocycles. The van der Waals surface area contributed by atoms with E-state index in [9.17, 15) is 0 Å². The molecule has 0 bridgehead atoms. The number of rotatable bonds is 6. The molecule has 0 fully saturated rings. The van der Waals surface area contributed by atoms with E-state index in [0.29, 0.717) is 23.7 Å². The van der Waals surface area contributed by atoms with Crippen molar-refractivity contribution in [2.45, 2.75) is 89.5 Å². The topological polar surface area (TPSA) is 0 Å². The predicted molar refractivity (Wildman–Crippen MR) is 112 cm³/mol. The van der Waals surface area contributed by atoms with E-state index in [1.807, 2.05) is 0 Å². The van der Waals surface area contributed by atoms with E-state index in [-0.39, 0.29) is 0 Å². The quantitative estimate of drug-likeness (QED) is 0.430. The molecule has 0 aliphatic carbocycles. The summed E-state index contributed by atoms with van der Waals surface area (Å²) in [7, 11) is 0. The summed E-state index contributed by atoms with van der Waals surface area (Å²) < 4.78 is 0. The van der Waals surface area contributed by atoms with Crippen LogP contribution in [0.3, 0.4) is 0 Å². The van der Waals surface area contributed by atoms with Gasteiger partial charge < -0.3 is 0 Å². The van der Waals surface area contributed by atoms with Crippen molar-refractivity contribution in [2.75, 3.05) is 0 Å². The van der Waals surface area contributed by atoms with Crippen molar-refractivity contribution in [1.29, 1.82) is 0 Å². The van der Waals surface area contributed by atoms with E-state index >= 15 is 0 Å². The Morgan fingerprint density at radius 1 is 0.391 bits per heavy atom. The Morgan fingerprint density at radius 2 is 0.565 bits per heavy atom. The van der Waals surface area contributed by atoms with Crippen LogP contribution in [0.25, 0.3) is 0 Å². The van der Waals surface area contributed by atoms with Gasteiger partial charge in [-0.25, -0.2) is 0 Å². The van der Waals surface area contributed by atoms with Crippen LogP contribution in [-0.4, -0.2) is 0 Å². The highest BCUT2D eigenvalue weighted by molar-refractivity contribution is 4.87. The van der Waals surface area contributed by atoms with Gasteiger partial charge in [-0.2, -0.15) is 0 Å². The Kier molecular flexibility index (Phi) is 21.2. The molecule has 0 atom stereocenters. The first kappa shape index (κ1) is 27.3. The van der Waals surface area contributed by atoms with Gasteiger partial charge in [0, 0.05) is 0 Å². The fraction of sp³-hybridized carbons (Fsp3) is 0.826. The van der Waals surface area contributed by atoms with Crippen molar-refractivity contribution in [3.05, 3.63) is 24.3 Å². The van der Waals surface area contributed by atoms with Crippen LogP contribution in [0.5, 0.6) is 0 Å². The maximum absolute atomic E-state index is 2.26. The zero-order valence-electron chi connectivity index (χ0n) is 18.5. The molecule has 0 nitrogen and oxygen atoms in total. The summed E-state index contributed by atoms with van der Waals surface area (Å²) >= 11 is 0. The molecule has 0 aromatic carbocycles.